The Kier molecular flexibility index (Phi) is 3.95. The van der Waals surface area contributed by atoms with Gasteiger partial charge in [0, 0.05) is 12.6 Å². The summed E-state index contributed by atoms with van der Waals surface area (Å²) in [6.45, 7) is 7.59. The molecule has 3 rings (SSSR count). The maximum Gasteiger partial charge on any atom is 0.00799 e. The molecule has 104 valence electrons. The highest BCUT2D eigenvalue weighted by molar-refractivity contribution is 5.05. The maximum absolute atomic E-state index is 3.92. The summed E-state index contributed by atoms with van der Waals surface area (Å²) < 4.78 is 0. The molecule has 2 nitrogen and oxygen atoms in total. The van der Waals surface area contributed by atoms with Crippen LogP contribution in [0.5, 0.6) is 0 Å². The molecule has 2 aliphatic carbocycles. The van der Waals surface area contributed by atoms with Crippen LogP contribution in [0.25, 0.3) is 0 Å². The molecule has 2 heteroatoms. The second kappa shape index (κ2) is 5.50. The van der Waals surface area contributed by atoms with Gasteiger partial charge >= 0.3 is 0 Å². The average molecular weight is 250 g/mol. The van der Waals surface area contributed by atoms with Crippen molar-refractivity contribution < 1.29 is 0 Å². The lowest BCUT2D eigenvalue weighted by molar-refractivity contribution is 0.280. The molecule has 18 heavy (non-hydrogen) atoms. The quantitative estimate of drug-likeness (QED) is 0.779. The van der Waals surface area contributed by atoms with Gasteiger partial charge < -0.3 is 10.2 Å². The first-order valence-electron chi connectivity index (χ1n) is 8.28. The molecular formula is C16H30N2. The van der Waals surface area contributed by atoms with E-state index in [1.54, 1.807) is 0 Å². The highest BCUT2D eigenvalue weighted by Gasteiger charge is 2.53. The number of rotatable bonds is 6. The fourth-order valence-corrected chi connectivity index (χ4v) is 3.83. The summed E-state index contributed by atoms with van der Waals surface area (Å²) in [6, 6.07) is 0.808. The summed E-state index contributed by atoms with van der Waals surface area (Å²) in [4.78, 5) is 2.66. The van der Waals surface area contributed by atoms with Crippen molar-refractivity contribution in [3.63, 3.8) is 0 Å². The van der Waals surface area contributed by atoms with Gasteiger partial charge in [0.1, 0.15) is 0 Å². The van der Waals surface area contributed by atoms with E-state index in [-0.39, 0.29) is 0 Å². The molecule has 3 fully saturated rings. The van der Waals surface area contributed by atoms with Crippen LogP contribution in [0.3, 0.4) is 0 Å². The summed E-state index contributed by atoms with van der Waals surface area (Å²) in [5.41, 5.74) is 0.773. The molecule has 1 aliphatic heterocycles. The molecule has 1 atom stereocenters. The van der Waals surface area contributed by atoms with Gasteiger partial charge in [0.15, 0.2) is 0 Å². The molecule has 1 saturated heterocycles. The molecule has 0 amide bonds. The molecule has 2 saturated carbocycles. The lowest BCUT2D eigenvalue weighted by Gasteiger charge is -2.22. The maximum atomic E-state index is 3.92. The zero-order valence-corrected chi connectivity index (χ0v) is 12.1. The Morgan fingerprint density at radius 2 is 1.94 bits per heavy atom. The van der Waals surface area contributed by atoms with Crippen molar-refractivity contribution in [1.82, 2.24) is 10.2 Å². The largest absolute Gasteiger partial charge is 0.313 e. The second-order valence-corrected chi connectivity index (χ2v) is 6.99. The Balaban J connectivity index is 1.40. The monoisotopic (exact) mass is 250 g/mol. The van der Waals surface area contributed by atoms with Crippen LogP contribution in [-0.2, 0) is 0 Å². The summed E-state index contributed by atoms with van der Waals surface area (Å²) >= 11 is 0. The van der Waals surface area contributed by atoms with Crippen LogP contribution in [0.1, 0.15) is 58.3 Å². The first kappa shape index (κ1) is 12.9. The first-order chi connectivity index (χ1) is 8.82. The molecule has 0 bridgehead atoms. The summed E-state index contributed by atoms with van der Waals surface area (Å²) in [7, 11) is 0. The number of nitrogens with zero attached hydrogens (tertiary/aromatic N) is 1. The zero-order valence-electron chi connectivity index (χ0n) is 12.1. The van der Waals surface area contributed by atoms with Crippen molar-refractivity contribution in [3.05, 3.63) is 0 Å². The van der Waals surface area contributed by atoms with Gasteiger partial charge in [-0.15, -0.1) is 0 Å². The minimum Gasteiger partial charge on any atom is -0.313 e. The minimum atomic E-state index is 0.773. The highest BCUT2D eigenvalue weighted by atomic mass is 15.1. The van der Waals surface area contributed by atoms with Gasteiger partial charge in [-0.25, -0.2) is 0 Å². The predicted molar refractivity (Wildman–Crippen MR) is 76.8 cm³/mol. The Morgan fingerprint density at radius 1 is 1.11 bits per heavy atom. The standard InChI is InChI=1S/C16H30N2/c1-2-10-18-11-3-4-15(7-12-18)17-13-16(8-9-16)14-5-6-14/h14-15,17H,2-13H2,1H3. The van der Waals surface area contributed by atoms with Gasteiger partial charge in [0.05, 0.1) is 0 Å². The van der Waals surface area contributed by atoms with Crippen molar-refractivity contribution in [2.45, 2.75) is 64.3 Å². The van der Waals surface area contributed by atoms with Crippen molar-refractivity contribution in [2.75, 3.05) is 26.2 Å². The van der Waals surface area contributed by atoms with Crippen molar-refractivity contribution in [2.24, 2.45) is 11.3 Å². The molecule has 0 radical (unpaired) electrons. The van der Waals surface area contributed by atoms with Crippen molar-refractivity contribution in [3.8, 4) is 0 Å². The molecule has 1 N–H and O–H groups in total. The Morgan fingerprint density at radius 3 is 2.61 bits per heavy atom. The van der Waals surface area contributed by atoms with Gasteiger partial charge in [-0.1, -0.05) is 6.92 Å². The molecule has 3 aliphatic rings. The third-order valence-corrected chi connectivity index (χ3v) is 5.44. The van der Waals surface area contributed by atoms with Crippen molar-refractivity contribution in [1.29, 1.82) is 0 Å². The van der Waals surface area contributed by atoms with Crippen LogP contribution >= 0.6 is 0 Å². The molecular weight excluding hydrogens is 220 g/mol. The third-order valence-electron chi connectivity index (χ3n) is 5.44. The van der Waals surface area contributed by atoms with E-state index < -0.39 is 0 Å². The molecule has 0 aromatic rings. The third kappa shape index (κ3) is 3.08. The zero-order chi connectivity index (χ0) is 12.4. The van der Waals surface area contributed by atoms with Crippen LogP contribution < -0.4 is 5.32 Å². The molecule has 1 heterocycles. The summed E-state index contributed by atoms with van der Waals surface area (Å²) in [6.07, 6.45) is 11.6. The van der Waals surface area contributed by atoms with Crippen LogP contribution in [-0.4, -0.2) is 37.1 Å². The van der Waals surface area contributed by atoms with Crippen LogP contribution in [0, 0.1) is 11.3 Å². The fourth-order valence-electron chi connectivity index (χ4n) is 3.83. The van der Waals surface area contributed by atoms with Gasteiger partial charge in [-0.05, 0) is 82.3 Å². The Hall–Kier alpha value is -0.0800. The van der Waals surface area contributed by atoms with Gasteiger partial charge in [-0.3, -0.25) is 0 Å². The summed E-state index contributed by atoms with van der Waals surface area (Å²) in [5.74, 6) is 1.10. The smallest absolute Gasteiger partial charge is 0.00799 e. The van der Waals surface area contributed by atoms with E-state index in [1.807, 2.05) is 0 Å². The molecule has 0 aromatic carbocycles. The fraction of sp³-hybridized carbons (Fsp3) is 1.00. The van der Waals surface area contributed by atoms with Crippen molar-refractivity contribution >= 4 is 0 Å². The minimum absolute atomic E-state index is 0.773. The number of hydrogen-bond donors (Lipinski definition) is 1. The van der Waals surface area contributed by atoms with E-state index in [0.717, 1.165) is 17.4 Å². The number of nitrogens with one attached hydrogen (secondary N) is 1. The van der Waals surface area contributed by atoms with E-state index >= 15 is 0 Å². The lowest BCUT2D eigenvalue weighted by atomic mass is 9.99. The number of hydrogen-bond acceptors (Lipinski definition) is 2. The highest BCUT2D eigenvalue weighted by Crippen LogP contribution is 2.60. The SMILES string of the molecule is CCCN1CCCC(NCC2(C3CC3)CC2)CC1. The molecule has 0 spiro atoms. The predicted octanol–water partition coefficient (Wildman–Crippen LogP) is 3.03. The van der Waals surface area contributed by atoms with Crippen LogP contribution in [0.15, 0.2) is 0 Å². The number of likely N-dealkylation sites (tertiary alicyclic amines) is 1. The van der Waals surface area contributed by atoms with Gasteiger partial charge in [-0.2, -0.15) is 0 Å². The Bertz CT molecular complexity index is 268. The first-order valence-corrected chi connectivity index (χ1v) is 8.28. The molecule has 0 aromatic heterocycles. The lowest BCUT2D eigenvalue weighted by Crippen LogP contribution is -2.35. The van der Waals surface area contributed by atoms with E-state index in [2.05, 4.69) is 17.1 Å². The van der Waals surface area contributed by atoms with E-state index in [9.17, 15) is 0 Å². The van der Waals surface area contributed by atoms with Crippen LogP contribution in [0.4, 0.5) is 0 Å². The topological polar surface area (TPSA) is 15.3 Å². The summed E-state index contributed by atoms with van der Waals surface area (Å²) in [5, 5.41) is 3.92. The molecule has 1 unspecified atom stereocenters. The average Bonchev–Trinajstić information content (AvgIpc) is 3.21. The van der Waals surface area contributed by atoms with Gasteiger partial charge in [0.2, 0.25) is 0 Å². The van der Waals surface area contributed by atoms with E-state index in [1.165, 1.54) is 77.5 Å². The van der Waals surface area contributed by atoms with E-state index in [4.69, 9.17) is 0 Å². The van der Waals surface area contributed by atoms with Gasteiger partial charge in [0.25, 0.3) is 0 Å². The van der Waals surface area contributed by atoms with E-state index in [0.29, 0.717) is 0 Å². The second-order valence-electron chi connectivity index (χ2n) is 6.99. The Labute approximate surface area is 113 Å². The van der Waals surface area contributed by atoms with Crippen LogP contribution in [0.2, 0.25) is 0 Å². The normalized spacial score (nSPS) is 32.2.